The maximum absolute atomic E-state index is 5.60. The van der Waals surface area contributed by atoms with Crippen LogP contribution in [0.4, 0.5) is 5.69 Å². The summed E-state index contributed by atoms with van der Waals surface area (Å²) in [7, 11) is 2.07. The van der Waals surface area contributed by atoms with Crippen LogP contribution in [-0.2, 0) is 13.1 Å². The minimum Gasteiger partial charge on any atom is -0.397 e. The molecule has 88 valence electrons. The summed E-state index contributed by atoms with van der Waals surface area (Å²) in [5.74, 6) is 0. The van der Waals surface area contributed by atoms with Gasteiger partial charge in [0.05, 0.1) is 17.6 Å². The maximum atomic E-state index is 5.60. The molecule has 4 nitrogen and oxygen atoms in total. The van der Waals surface area contributed by atoms with Crippen LogP contribution in [-0.4, -0.2) is 21.9 Å². The van der Waals surface area contributed by atoms with Crippen LogP contribution in [0.1, 0.15) is 11.3 Å². The molecule has 0 saturated carbocycles. The second-order valence-corrected chi connectivity index (χ2v) is 4.11. The molecule has 2 aromatic rings. The van der Waals surface area contributed by atoms with Crippen LogP contribution >= 0.6 is 0 Å². The van der Waals surface area contributed by atoms with Crippen molar-refractivity contribution < 1.29 is 0 Å². The van der Waals surface area contributed by atoms with E-state index in [4.69, 9.17) is 5.73 Å². The molecule has 0 aliphatic heterocycles. The molecule has 0 unspecified atom stereocenters. The number of pyridine rings is 2. The lowest BCUT2D eigenvalue weighted by Gasteiger charge is -2.16. The van der Waals surface area contributed by atoms with Gasteiger partial charge < -0.3 is 5.73 Å². The normalized spacial score (nSPS) is 10.7. The molecule has 0 amide bonds. The maximum Gasteiger partial charge on any atom is 0.0545 e. The minimum absolute atomic E-state index is 0.700. The van der Waals surface area contributed by atoms with Crippen molar-refractivity contribution in [1.82, 2.24) is 14.9 Å². The van der Waals surface area contributed by atoms with Gasteiger partial charge in [-0.25, -0.2) is 0 Å². The molecule has 0 atom stereocenters. The van der Waals surface area contributed by atoms with Gasteiger partial charge in [0.25, 0.3) is 0 Å². The Morgan fingerprint density at radius 2 is 1.88 bits per heavy atom. The minimum atomic E-state index is 0.700. The summed E-state index contributed by atoms with van der Waals surface area (Å²) in [6.07, 6.45) is 5.31. The Balaban J connectivity index is 1.93. The fraction of sp³-hybridized carbons (Fsp3) is 0.231. The van der Waals surface area contributed by atoms with E-state index in [1.807, 2.05) is 36.7 Å². The number of anilines is 1. The molecule has 0 aromatic carbocycles. The quantitative estimate of drug-likeness (QED) is 0.865. The Kier molecular flexibility index (Phi) is 3.67. The Morgan fingerprint density at radius 1 is 1.12 bits per heavy atom. The van der Waals surface area contributed by atoms with E-state index in [1.165, 1.54) is 5.56 Å². The van der Waals surface area contributed by atoms with E-state index < -0.39 is 0 Å². The van der Waals surface area contributed by atoms with Crippen molar-refractivity contribution >= 4 is 5.69 Å². The molecule has 17 heavy (non-hydrogen) atoms. The van der Waals surface area contributed by atoms with E-state index >= 15 is 0 Å². The Morgan fingerprint density at radius 3 is 2.53 bits per heavy atom. The molecule has 2 N–H and O–H groups in total. The molecular weight excluding hydrogens is 212 g/mol. The third-order valence-corrected chi connectivity index (χ3v) is 2.48. The zero-order valence-electron chi connectivity index (χ0n) is 9.87. The predicted octanol–water partition coefficient (Wildman–Crippen LogP) is 1.69. The van der Waals surface area contributed by atoms with Gasteiger partial charge in [-0.05, 0) is 36.9 Å². The second kappa shape index (κ2) is 5.41. The molecule has 4 heteroatoms. The van der Waals surface area contributed by atoms with E-state index in [1.54, 1.807) is 6.20 Å². The standard InChI is InChI=1S/C13H16N4/c1-17(9-11-4-6-15-7-5-11)10-13-3-2-12(14)8-16-13/h2-8H,9-10,14H2,1H3. The van der Waals surface area contributed by atoms with Crippen molar-refractivity contribution in [2.24, 2.45) is 0 Å². The molecule has 0 saturated heterocycles. The van der Waals surface area contributed by atoms with Gasteiger partial charge in [-0.3, -0.25) is 14.9 Å². The number of rotatable bonds is 4. The Bertz CT molecular complexity index is 453. The van der Waals surface area contributed by atoms with Gasteiger partial charge in [0.1, 0.15) is 0 Å². The summed E-state index contributed by atoms with van der Waals surface area (Å²) < 4.78 is 0. The number of aromatic nitrogens is 2. The first-order valence-electron chi connectivity index (χ1n) is 5.52. The number of hydrogen-bond acceptors (Lipinski definition) is 4. The second-order valence-electron chi connectivity index (χ2n) is 4.11. The molecule has 0 fully saturated rings. The number of nitrogens with zero attached hydrogens (tertiary/aromatic N) is 3. The van der Waals surface area contributed by atoms with E-state index in [0.29, 0.717) is 5.69 Å². The third kappa shape index (κ3) is 3.53. The summed E-state index contributed by atoms with van der Waals surface area (Å²) in [5, 5.41) is 0. The number of hydrogen-bond donors (Lipinski definition) is 1. The molecule has 0 bridgehead atoms. The smallest absolute Gasteiger partial charge is 0.0545 e. The van der Waals surface area contributed by atoms with Crippen LogP contribution in [0.3, 0.4) is 0 Å². The summed E-state index contributed by atoms with van der Waals surface area (Å²) in [4.78, 5) is 10.5. The van der Waals surface area contributed by atoms with Gasteiger partial charge >= 0.3 is 0 Å². The summed E-state index contributed by atoms with van der Waals surface area (Å²) >= 11 is 0. The molecule has 0 aliphatic rings. The number of nitrogen functional groups attached to an aromatic ring is 1. The molecule has 2 aromatic heterocycles. The predicted molar refractivity (Wildman–Crippen MR) is 68.1 cm³/mol. The molecule has 0 radical (unpaired) electrons. The monoisotopic (exact) mass is 228 g/mol. The lowest BCUT2D eigenvalue weighted by atomic mass is 10.2. The molecule has 2 heterocycles. The van der Waals surface area contributed by atoms with Crippen LogP contribution < -0.4 is 5.73 Å². The van der Waals surface area contributed by atoms with Gasteiger partial charge in [-0.15, -0.1) is 0 Å². The SMILES string of the molecule is CN(Cc1ccncc1)Cc1ccc(N)cn1. The fourth-order valence-electron chi connectivity index (χ4n) is 1.66. The fourth-order valence-corrected chi connectivity index (χ4v) is 1.66. The van der Waals surface area contributed by atoms with E-state index in [0.717, 1.165) is 18.8 Å². The van der Waals surface area contributed by atoms with Gasteiger partial charge in [0, 0.05) is 25.5 Å². The highest BCUT2D eigenvalue weighted by Gasteiger charge is 2.02. The molecular formula is C13H16N4. The van der Waals surface area contributed by atoms with Crippen molar-refractivity contribution in [1.29, 1.82) is 0 Å². The first kappa shape index (κ1) is 11.5. The molecule has 2 rings (SSSR count). The summed E-state index contributed by atoms with van der Waals surface area (Å²) in [6, 6.07) is 7.88. The van der Waals surface area contributed by atoms with E-state index in [-0.39, 0.29) is 0 Å². The highest BCUT2D eigenvalue weighted by atomic mass is 15.1. The van der Waals surface area contributed by atoms with Gasteiger partial charge in [-0.2, -0.15) is 0 Å². The van der Waals surface area contributed by atoms with Crippen molar-refractivity contribution in [2.75, 3.05) is 12.8 Å². The van der Waals surface area contributed by atoms with Gasteiger partial charge in [-0.1, -0.05) is 0 Å². The summed E-state index contributed by atoms with van der Waals surface area (Å²) in [5.41, 5.74) is 8.57. The van der Waals surface area contributed by atoms with E-state index in [2.05, 4.69) is 21.9 Å². The van der Waals surface area contributed by atoms with Crippen LogP contribution in [0.5, 0.6) is 0 Å². The van der Waals surface area contributed by atoms with E-state index in [9.17, 15) is 0 Å². The molecule has 0 aliphatic carbocycles. The largest absolute Gasteiger partial charge is 0.397 e. The first-order chi connectivity index (χ1) is 8.24. The average molecular weight is 228 g/mol. The van der Waals surface area contributed by atoms with Crippen LogP contribution in [0, 0.1) is 0 Å². The van der Waals surface area contributed by atoms with Crippen LogP contribution in [0.2, 0.25) is 0 Å². The van der Waals surface area contributed by atoms with Gasteiger partial charge in [0.2, 0.25) is 0 Å². The topological polar surface area (TPSA) is 55.0 Å². The third-order valence-electron chi connectivity index (χ3n) is 2.48. The highest BCUT2D eigenvalue weighted by Crippen LogP contribution is 2.07. The zero-order chi connectivity index (χ0) is 12.1. The van der Waals surface area contributed by atoms with Crippen molar-refractivity contribution in [2.45, 2.75) is 13.1 Å². The highest BCUT2D eigenvalue weighted by molar-refractivity contribution is 5.34. The molecule has 0 spiro atoms. The van der Waals surface area contributed by atoms with Crippen molar-refractivity contribution in [3.05, 3.63) is 54.1 Å². The van der Waals surface area contributed by atoms with Crippen LogP contribution in [0.25, 0.3) is 0 Å². The van der Waals surface area contributed by atoms with Crippen LogP contribution in [0.15, 0.2) is 42.9 Å². The van der Waals surface area contributed by atoms with Gasteiger partial charge in [0.15, 0.2) is 0 Å². The average Bonchev–Trinajstić information content (AvgIpc) is 2.33. The lowest BCUT2D eigenvalue weighted by Crippen LogP contribution is -2.17. The first-order valence-corrected chi connectivity index (χ1v) is 5.52. The lowest BCUT2D eigenvalue weighted by molar-refractivity contribution is 0.315. The zero-order valence-corrected chi connectivity index (χ0v) is 9.87. The van der Waals surface area contributed by atoms with Crippen molar-refractivity contribution in [3.8, 4) is 0 Å². The Hall–Kier alpha value is -1.94. The number of nitrogens with two attached hydrogens (primary N) is 1. The Labute approximate surface area is 101 Å². The van der Waals surface area contributed by atoms with Crippen molar-refractivity contribution in [3.63, 3.8) is 0 Å². The summed E-state index contributed by atoms with van der Waals surface area (Å²) in [6.45, 7) is 1.69.